The van der Waals surface area contributed by atoms with Crippen LogP contribution in [-0.4, -0.2) is 18.1 Å². The van der Waals surface area contributed by atoms with E-state index in [0.29, 0.717) is 18.7 Å². The summed E-state index contributed by atoms with van der Waals surface area (Å²) in [5.74, 6) is -4.89. The third-order valence-electron chi connectivity index (χ3n) is 3.59. The van der Waals surface area contributed by atoms with Crippen LogP contribution in [0.3, 0.4) is 0 Å². The monoisotopic (exact) mass is 319 g/mol. The van der Waals surface area contributed by atoms with Crippen molar-refractivity contribution in [1.29, 1.82) is 5.26 Å². The highest BCUT2D eigenvalue weighted by Gasteiger charge is 2.27. The normalized spacial score (nSPS) is 13.9. The van der Waals surface area contributed by atoms with E-state index in [4.69, 9.17) is 10.00 Å². The summed E-state index contributed by atoms with van der Waals surface area (Å²) in [6.07, 6.45) is 1.68. The van der Waals surface area contributed by atoms with Crippen molar-refractivity contribution in [3.05, 3.63) is 47.4 Å². The van der Waals surface area contributed by atoms with E-state index in [1.165, 1.54) is 24.3 Å². The van der Waals surface area contributed by atoms with Crippen molar-refractivity contribution in [3.63, 3.8) is 0 Å². The Morgan fingerprint density at radius 1 is 1.04 bits per heavy atom. The smallest absolute Gasteiger partial charge is 0.255 e. The fourth-order valence-corrected chi connectivity index (χ4v) is 2.43. The van der Waals surface area contributed by atoms with Gasteiger partial charge in [0.25, 0.3) is 5.95 Å². The lowest BCUT2D eigenvalue weighted by Gasteiger charge is -2.19. The number of aromatic nitrogens is 1. The Labute approximate surface area is 130 Å². The fourth-order valence-electron chi connectivity index (χ4n) is 2.43. The first-order chi connectivity index (χ1) is 11.1. The van der Waals surface area contributed by atoms with Crippen molar-refractivity contribution in [2.45, 2.75) is 12.8 Å². The first kappa shape index (κ1) is 15.2. The molecule has 3 rings (SSSR count). The van der Waals surface area contributed by atoms with Gasteiger partial charge in [0.15, 0.2) is 5.82 Å². The highest BCUT2D eigenvalue weighted by molar-refractivity contribution is 5.49. The molecule has 7 heteroatoms. The second kappa shape index (κ2) is 6.16. The maximum Gasteiger partial charge on any atom is 0.255 e. The van der Waals surface area contributed by atoms with Gasteiger partial charge < -0.3 is 9.64 Å². The van der Waals surface area contributed by atoms with Crippen LogP contribution in [0, 0.1) is 28.9 Å². The zero-order valence-electron chi connectivity index (χ0n) is 12.0. The van der Waals surface area contributed by atoms with E-state index in [-0.39, 0.29) is 11.6 Å². The van der Waals surface area contributed by atoms with Gasteiger partial charge in [-0.1, -0.05) is 0 Å². The van der Waals surface area contributed by atoms with Crippen molar-refractivity contribution in [2.24, 2.45) is 0 Å². The van der Waals surface area contributed by atoms with Crippen molar-refractivity contribution in [3.8, 4) is 17.6 Å². The Hall–Kier alpha value is -2.75. The molecule has 118 valence electrons. The molecule has 2 aromatic rings. The lowest BCUT2D eigenvalue weighted by molar-refractivity contribution is 0.375. The van der Waals surface area contributed by atoms with Crippen LogP contribution in [0.5, 0.6) is 11.5 Å². The molecule has 1 aliphatic heterocycles. The van der Waals surface area contributed by atoms with Crippen LogP contribution in [0.15, 0.2) is 24.3 Å². The van der Waals surface area contributed by atoms with Gasteiger partial charge in [-0.3, -0.25) is 0 Å². The molecule has 1 fully saturated rings. The largest absolute Gasteiger partial charge is 0.451 e. The Morgan fingerprint density at radius 3 is 2.30 bits per heavy atom. The van der Waals surface area contributed by atoms with E-state index in [0.717, 1.165) is 12.8 Å². The van der Waals surface area contributed by atoms with Gasteiger partial charge in [0.1, 0.15) is 5.75 Å². The first-order valence-corrected chi connectivity index (χ1v) is 7.07. The van der Waals surface area contributed by atoms with Crippen LogP contribution >= 0.6 is 0 Å². The zero-order valence-corrected chi connectivity index (χ0v) is 12.0. The molecule has 0 bridgehead atoms. The van der Waals surface area contributed by atoms with E-state index in [1.807, 2.05) is 6.07 Å². The summed E-state index contributed by atoms with van der Waals surface area (Å²) in [4.78, 5) is 4.93. The molecule has 2 heterocycles. The van der Waals surface area contributed by atoms with Gasteiger partial charge in [-0.15, -0.1) is 0 Å². The Kier molecular flexibility index (Phi) is 4.06. The number of nitrogens with zero attached hydrogens (tertiary/aromatic N) is 3. The van der Waals surface area contributed by atoms with Gasteiger partial charge in [-0.05, 0) is 37.1 Å². The molecular formula is C16H12F3N3O. The molecule has 0 radical (unpaired) electrons. The molecule has 1 aliphatic rings. The van der Waals surface area contributed by atoms with Gasteiger partial charge in [-0.2, -0.15) is 23.4 Å². The van der Waals surface area contributed by atoms with Crippen LogP contribution in [0.25, 0.3) is 0 Å². The Bertz CT molecular complexity index is 766. The summed E-state index contributed by atoms with van der Waals surface area (Å²) < 4.78 is 47.2. The maximum absolute atomic E-state index is 14.5. The molecule has 23 heavy (non-hydrogen) atoms. The maximum atomic E-state index is 14.5. The number of nitriles is 1. The second-order valence-corrected chi connectivity index (χ2v) is 5.12. The number of benzene rings is 1. The van der Waals surface area contributed by atoms with E-state index < -0.39 is 23.3 Å². The van der Waals surface area contributed by atoms with Gasteiger partial charge in [0.2, 0.25) is 17.4 Å². The SMILES string of the molecule is N#Cc1ccc(Oc2c(F)c(F)nc(N3CCCC3)c2F)cc1. The summed E-state index contributed by atoms with van der Waals surface area (Å²) in [6.45, 7) is 1.07. The molecule has 0 saturated carbocycles. The van der Waals surface area contributed by atoms with Crippen LogP contribution in [0.1, 0.15) is 18.4 Å². The average molecular weight is 319 g/mol. The minimum Gasteiger partial charge on any atom is -0.451 e. The van der Waals surface area contributed by atoms with Crippen molar-refractivity contribution in [2.75, 3.05) is 18.0 Å². The van der Waals surface area contributed by atoms with Crippen LogP contribution in [-0.2, 0) is 0 Å². The molecule has 0 amide bonds. The number of hydrogen-bond donors (Lipinski definition) is 0. The van der Waals surface area contributed by atoms with Crippen LogP contribution in [0.4, 0.5) is 19.0 Å². The fraction of sp³-hybridized carbons (Fsp3) is 0.250. The standard InChI is InChI=1S/C16H12F3N3O/c17-12-14(23-11-5-3-10(9-20)4-6-11)13(18)16(21-15(12)19)22-7-1-2-8-22/h3-6H,1-2,7-8H2. The van der Waals surface area contributed by atoms with Crippen molar-refractivity contribution in [1.82, 2.24) is 4.98 Å². The lowest BCUT2D eigenvalue weighted by Crippen LogP contribution is -2.21. The van der Waals surface area contributed by atoms with Gasteiger partial charge in [-0.25, -0.2) is 0 Å². The summed E-state index contributed by atoms with van der Waals surface area (Å²) in [6, 6.07) is 7.55. The third-order valence-corrected chi connectivity index (χ3v) is 3.59. The number of ether oxygens (including phenoxy) is 1. The summed E-state index contributed by atoms with van der Waals surface area (Å²) in [7, 11) is 0. The molecule has 0 N–H and O–H groups in total. The summed E-state index contributed by atoms with van der Waals surface area (Å²) in [5.41, 5.74) is 0.372. The molecule has 4 nitrogen and oxygen atoms in total. The third kappa shape index (κ3) is 2.93. The summed E-state index contributed by atoms with van der Waals surface area (Å²) >= 11 is 0. The van der Waals surface area contributed by atoms with Gasteiger partial charge in [0, 0.05) is 13.1 Å². The Balaban J connectivity index is 1.98. The number of anilines is 1. The molecule has 0 spiro atoms. The number of halogens is 3. The number of hydrogen-bond acceptors (Lipinski definition) is 4. The van der Waals surface area contributed by atoms with Gasteiger partial charge in [0.05, 0.1) is 11.6 Å². The molecule has 1 saturated heterocycles. The Morgan fingerprint density at radius 2 is 1.70 bits per heavy atom. The second-order valence-electron chi connectivity index (χ2n) is 5.12. The van der Waals surface area contributed by atoms with E-state index in [2.05, 4.69) is 4.98 Å². The molecule has 0 unspecified atom stereocenters. The number of rotatable bonds is 3. The predicted molar refractivity (Wildman–Crippen MR) is 76.8 cm³/mol. The van der Waals surface area contributed by atoms with E-state index in [9.17, 15) is 13.2 Å². The lowest BCUT2D eigenvalue weighted by atomic mass is 10.2. The highest BCUT2D eigenvalue weighted by Crippen LogP contribution is 2.34. The zero-order chi connectivity index (χ0) is 16.4. The molecule has 1 aromatic carbocycles. The average Bonchev–Trinajstić information content (AvgIpc) is 3.10. The minimum absolute atomic E-state index is 0.0970. The topological polar surface area (TPSA) is 49.1 Å². The quantitative estimate of drug-likeness (QED) is 0.808. The number of pyridine rings is 1. The van der Waals surface area contributed by atoms with E-state index in [1.54, 1.807) is 4.90 Å². The van der Waals surface area contributed by atoms with Crippen molar-refractivity contribution >= 4 is 5.82 Å². The minimum atomic E-state index is -1.48. The van der Waals surface area contributed by atoms with Crippen LogP contribution in [0.2, 0.25) is 0 Å². The van der Waals surface area contributed by atoms with E-state index >= 15 is 0 Å². The van der Waals surface area contributed by atoms with Crippen molar-refractivity contribution < 1.29 is 17.9 Å². The predicted octanol–water partition coefficient (Wildman–Crippen LogP) is 3.76. The molecular weight excluding hydrogens is 307 g/mol. The van der Waals surface area contributed by atoms with Crippen LogP contribution < -0.4 is 9.64 Å². The molecule has 1 aromatic heterocycles. The summed E-state index contributed by atoms with van der Waals surface area (Å²) in [5, 5.41) is 8.73. The molecule has 0 atom stereocenters. The molecule has 0 aliphatic carbocycles. The first-order valence-electron chi connectivity index (χ1n) is 7.07. The van der Waals surface area contributed by atoms with Gasteiger partial charge >= 0.3 is 0 Å². The highest BCUT2D eigenvalue weighted by atomic mass is 19.2.